The fourth-order valence-corrected chi connectivity index (χ4v) is 3.25. The number of nitrogens with two attached hydrogens (primary N) is 1. The van der Waals surface area contributed by atoms with Gasteiger partial charge in [0.15, 0.2) is 5.76 Å². The van der Waals surface area contributed by atoms with E-state index in [2.05, 4.69) is 4.98 Å². The van der Waals surface area contributed by atoms with E-state index in [9.17, 15) is 4.79 Å². The second-order valence-electron chi connectivity index (χ2n) is 6.17. The molecule has 6 heteroatoms. The standard InChI is InChI=1S/C19H19N3O3/c1-12-15(21-19(25-12)17-8-4-10-24-17)11-18(23)22-9-3-5-13-14(20)6-2-7-16(13)22/h2,4,6-8,10H,3,5,9,11,20H2,1H3. The average molecular weight is 337 g/mol. The topological polar surface area (TPSA) is 85.5 Å². The van der Waals surface area contributed by atoms with Crippen LogP contribution in [-0.4, -0.2) is 17.4 Å². The van der Waals surface area contributed by atoms with E-state index in [4.69, 9.17) is 14.6 Å². The van der Waals surface area contributed by atoms with Crippen LogP contribution >= 0.6 is 0 Å². The van der Waals surface area contributed by atoms with E-state index < -0.39 is 0 Å². The van der Waals surface area contributed by atoms with Gasteiger partial charge in [-0.25, -0.2) is 4.98 Å². The van der Waals surface area contributed by atoms with Gasteiger partial charge in [-0.2, -0.15) is 0 Å². The number of anilines is 2. The molecule has 1 aliphatic heterocycles. The summed E-state index contributed by atoms with van der Waals surface area (Å²) in [5.41, 5.74) is 9.39. The zero-order valence-corrected chi connectivity index (χ0v) is 14.0. The van der Waals surface area contributed by atoms with Gasteiger partial charge in [-0.1, -0.05) is 6.07 Å². The molecule has 3 aromatic rings. The molecule has 1 aliphatic rings. The highest BCUT2D eigenvalue weighted by atomic mass is 16.4. The number of oxazole rings is 1. The summed E-state index contributed by atoms with van der Waals surface area (Å²) < 4.78 is 10.9. The van der Waals surface area contributed by atoms with Crippen LogP contribution in [0.15, 0.2) is 45.4 Å². The predicted molar refractivity (Wildman–Crippen MR) is 94.2 cm³/mol. The van der Waals surface area contributed by atoms with Crippen LogP contribution in [0, 0.1) is 6.92 Å². The number of benzene rings is 1. The molecule has 0 aliphatic carbocycles. The molecule has 3 heterocycles. The molecule has 2 aromatic heterocycles. The van der Waals surface area contributed by atoms with E-state index in [1.54, 1.807) is 23.3 Å². The van der Waals surface area contributed by atoms with Crippen LogP contribution in [0.3, 0.4) is 0 Å². The molecule has 0 fully saturated rings. The van der Waals surface area contributed by atoms with Crippen LogP contribution in [0.5, 0.6) is 0 Å². The number of hydrogen-bond donors (Lipinski definition) is 1. The van der Waals surface area contributed by atoms with Gasteiger partial charge in [0.05, 0.1) is 18.4 Å². The summed E-state index contributed by atoms with van der Waals surface area (Å²) in [7, 11) is 0. The van der Waals surface area contributed by atoms with Crippen LogP contribution < -0.4 is 10.6 Å². The third kappa shape index (κ3) is 2.80. The van der Waals surface area contributed by atoms with Gasteiger partial charge < -0.3 is 19.5 Å². The molecule has 0 bridgehead atoms. The fourth-order valence-electron chi connectivity index (χ4n) is 3.25. The molecule has 128 valence electrons. The third-order valence-electron chi connectivity index (χ3n) is 4.53. The van der Waals surface area contributed by atoms with Crippen molar-refractivity contribution in [2.24, 2.45) is 0 Å². The summed E-state index contributed by atoms with van der Waals surface area (Å²) in [5.74, 6) is 1.57. The Morgan fingerprint density at radius 2 is 2.20 bits per heavy atom. The second-order valence-corrected chi connectivity index (χ2v) is 6.17. The number of carbonyl (C=O) groups is 1. The summed E-state index contributed by atoms with van der Waals surface area (Å²) in [4.78, 5) is 19.1. The van der Waals surface area contributed by atoms with E-state index >= 15 is 0 Å². The molecule has 1 aromatic carbocycles. The van der Waals surface area contributed by atoms with Crippen molar-refractivity contribution in [1.29, 1.82) is 0 Å². The molecule has 0 saturated heterocycles. The van der Waals surface area contributed by atoms with E-state index in [1.807, 2.05) is 25.1 Å². The summed E-state index contributed by atoms with van der Waals surface area (Å²) in [6, 6.07) is 9.27. The van der Waals surface area contributed by atoms with Crippen LogP contribution in [0.2, 0.25) is 0 Å². The van der Waals surface area contributed by atoms with Crippen LogP contribution in [0.1, 0.15) is 23.4 Å². The lowest BCUT2D eigenvalue weighted by Crippen LogP contribution is -2.37. The Morgan fingerprint density at radius 3 is 3.00 bits per heavy atom. The van der Waals surface area contributed by atoms with Crippen molar-refractivity contribution in [2.45, 2.75) is 26.2 Å². The molecule has 2 N–H and O–H groups in total. The minimum Gasteiger partial charge on any atom is -0.459 e. The molecule has 25 heavy (non-hydrogen) atoms. The molecule has 0 spiro atoms. The smallest absolute Gasteiger partial charge is 0.263 e. The van der Waals surface area contributed by atoms with Crippen molar-refractivity contribution in [3.63, 3.8) is 0 Å². The first-order valence-electron chi connectivity index (χ1n) is 8.31. The van der Waals surface area contributed by atoms with Gasteiger partial charge in [0, 0.05) is 17.9 Å². The summed E-state index contributed by atoms with van der Waals surface area (Å²) in [5, 5.41) is 0. The molecule has 0 atom stereocenters. The number of aryl methyl sites for hydroxylation is 1. The maximum atomic E-state index is 12.9. The van der Waals surface area contributed by atoms with Crippen molar-refractivity contribution in [3.8, 4) is 11.7 Å². The van der Waals surface area contributed by atoms with Crippen molar-refractivity contribution < 1.29 is 13.6 Å². The maximum absolute atomic E-state index is 12.9. The van der Waals surface area contributed by atoms with Crippen LogP contribution in [0.4, 0.5) is 11.4 Å². The van der Waals surface area contributed by atoms with Gasteiger partial charge in [0.2, 0.25) is 5.91 Å². The SMILES string of the molecule is Cc1oc(-c2ccco2)nc1CC(=O)N1CCCc2c(N)cccc21. The Morgan fingerprint density at radius 1 is 1.32 bits per heavy atom. The summed E-state index contributed by atoms with van der Waals surface area (Å²) in [6.07, 6.45) is 3.55. The number of aromatic nitrogens is 1. The second kappa shape index (κ2) is 6.12. The third-order valence-corrected chi connectivity index (χ3v) is 4.53. The minimum absolute atomic E-state index is 0.00561. The number of nitrogen functional groups attached to an aromatic ring is 1. The van der Waals surface area contributed by atoms with Gasteiger partial charge in [-0.15, -0.1) is 0 Å². The average Bonchev–Trinajstić information content (AvgIpc) is 3.25. The first-order chi connectivity index (χ1) is 12.1. The van der Waals surface area contributed by atoms with Gasteiger partial charge in [0.1, 0.15) is 5.76 Å². The Bertz CT molecular complexity index is 912. The fraction of sp³-hybridized carbons (Fsp3) is 0.263. The predicted octanol–water partition coefficient (Wildman–Crippen LogP) is 3.35. The molecular weight excluding hydrogens is 318 g/mol. The zero-order valence-electron chi connectivity index (χ0n) is 14.0. The van der Waals surface area contributed by atoms with Crippen LogP contribution in [-0.2, 0) is 17.6 Å². The van der Waals surface area contributed by atoms with E-state index in [1.165, 1.54) is 0 Å². The van der Waals surface area contributed by atoms with Gasteiger partial charge in [-0.3, -0.25) is 4.79 Å². The Balaban J connectivity index is 1.59. The summed E-state index contributed by atoms with van der Waals surface area (Å²) >= 11 is 0. The Labute approximate surface area is 145 Å². The van der Waals surface area contributed by atoms with Gasteiger partial charge >= 0.3 is 0 Å². The van der Waals surface area contributed by atoms with E-state index in [-0.39, 0.29) is 12.3 Å². The van der Waals surface area contributed by atoms with Crippen molar-refractivity contribution in [1.82, 2.24) is 4.98 Å². The maximum Gasteiger partial charge on any atom is 0.263 e. The lowest BCUT2D eigenvalue weighted by Gasteiger charge is -2.30. The van der Waals surface area contributed by atoms with Crippen LogP contribution in [0.25, 0.3) is 11.7 Å². The first-order valence-corrected chi connectivity index (χ1v) is 8.31. The Kier molecular flexibility index (Phi) is 3.80. The molecular formula is C19H19N3O3. The lowest BCUT2D eigenvalue weighted by atomic mass is 9.99. The largest absolute Gasteiger partial charge is 0.459 e. The number of furan rings is 1. The quantitative estimate of drug-likeness (QED) is 0.741. The van der Waals surface area contributed by atoms with E-state index in [0.29, 0.717) is 29.6 Å². The molecule has 0 unspecified atom stereocenters. The molecule has 6 nitrogen and oxygen atoms in total. The molecule has 0 radical (unpaired) electrons. The lowest BCUT2D eigenvalue weighted by molar-refractivity contribution is -0.118. The highest BCUT2D eigenvalue weighted by molar-refractivity contribution is 5.96. The highest BCUT2D eigenvalue weighted by Gasteiger charge is 2.25. The number of amides is 1. The highest BCUT2D eigenvalue weighted by Crippen LogP contribution is 2.32. The van der Waals surface area contributed by atoms with Gasteiger partial charge in [0.25, 0.3) is 5.89 Å². The number of nitrogens with zero attached hydrogens (tertiary/aromatic N) is 2. The van der Waals surface area contributed by atoms with Gasteiger partial charge in [-0.05, 0) is 49.6 Å². The van der Waals surface area contributed by atoms with Crippen molar-refractivity contribution >= 4 is 17.3 Å². The number of hydrogen-bond acceptors (Lipinski definition) is 5. The van der Waals surface area contributed by atoms with Crippen molar-refractivity contribution in [3.05, 3.63) is 53.6 Å². The normalized spacial score (nSPS) is 13.7. The first kappa shape index (κ1) is 15.5. The minimum atomic E-state index is -0.00561. The number of carbonyl (C=O) groups excluding carboxylic acids is 1. The number of fused-ring (bicyclic) bond motifs is 1. The zero-order chi connectivity index (χ0) is 17.4. The monoisotopic (exact) mass is 337 g/mol. The Hall–Kier alpha value is -3.02. The number of rotatable bonds is 3. The van der Waals surface area contributed by atoms with Crippen molar-refractivity contribution in [2.75, 3.05) is 17.2 Å². The molecule has 4 rings (SSSR count). The molecule has 1 amide bonds. The van der Waals surface area contributed by atoms with E-state index in [0.717, 1.165) is 29.8 Å². The summed E-state index contributed by atoms with van der Waals surface area (Å²) in [6.45, 7) is 2.50. The molecule has 0 saturated carbocycles.